The topological polar surface area (TPSA) is 58.9 Å². The largest absolute Gasteiger partial charge is 0.456 e. The highest BCUT2D eigenvalue weighted by Gasteiger charge is 2.32. The van der Waals surface area contributed by atoms with Crippen LogP contribution < -0.4 is 29.4 Å². The molecule has 0 aliphatic carbocycles. The van der Waals surface area contributed by atoms with Gasteiger partial charge in [-0.2, -0.15) is 0 Å². The number of nitrogens with zero attached hydrogens (tertiary/aromatic N) is 6. The highest BCUT2D eigenvalue weighted by molar-refractivity contribution is 6.34. The summed E-state index contributed by atoms with van der Waals surface area (Å²) in [6, 6.07) is 183. The second kappa shape index (κ2) is 35.4. The number of hydrogen-bond acceptors (Lipinski definition) is 9. The highest BCUT2D eigenvalue weighted by Crippen LogP contribution is 2.56. The summed E-state index contributed by atoms with van der Waals surface area (Å²) in [4.78, 5) is 14.4. The van der Waals surface area contributed by atoms with E-state index in [1.807, 2.05) is 0 Å². The van der Waals surface area contributed by atoms with Gasteiger partial charge in [-0.25, -0.2) is 0 Å². The van der Waals surface area contributed by atoms with E-state index < -0.39 is 0 Å². The first kappa shape index (κ1) is 85.2. The van der Waals surface area contributed by atoms with Gasteiger partial charge in [-0.05, 0) is 238 Å². The normalized spacial score (nSPS) is 11.7. The Bertz CT molecular complexity index is 9730. The Morgan fingerprint density at radius 3 is 0.724 bits per heavy atom. The van der Waals surface area contributed by atoms with Crippen molar-refractivity contribution in [2.45, 2.75) is 27.2 Å². The van der Waals surface area contributed by atoms with Crippen molar-refractivity contribution in [3.8, 4) is 11.1 Å². The van der Waals surface area contributed by atoms with Crippen molar-refractivity contribution in [2.75, 3.05) is 29.4 Å². The lowest BCUT2D eigenvalue weighted by molar-refractivity contribution is 0.669. The number of benzene rings is 24. The molecular formula is C136H94N6O3. The molecule has 0 saturated carbocycles. The van der Waals surface area contributed by atoms with Gasteiger partial charge in [-0.1, -0.05) is 328 Å². The molecular weight excluding hydrogens is 1770 g/mol. The first-order chi connectivity index (χ1) is 71.7. The Labute approximate surface area is 839 Å². The summed E-state index contributed by atoms with van der Waals surface area (Å²) in [6.07, 6.45) is 0.609. The molecule has 0 N–H and O–H groups in total. The first-order valence-electron chi connectivity index (χ1n) is 49.7. The van der Waals surface area contributed by atoms with Crippen molar-refractivity contribution in [3.63, 3.8) is 0 Å². The maximum absolute atomic E-state index is 7.62. The van der Waals surface area contributed by atoms with E-state index in [0.717, 1.165) is 261 Å². The summed E-state index contributed by atoms with van der Waals surface area (Å²) < 4.78 is 22.5. The summed E-state index contributed by atoms with van der Waals surface area (Å²) in [5.41, 5.74) is 31.1. The Morgan fingerprint density at radius 2 is 0.386 bits per heavy atom. The van der Waals surface area contributed by atoms with Crippen LogP contribution in [0.15, 0.2) is 517 Å². The summed E-state index contributed by atoms with van der Waals surface area (Å²) in [7, 11) is 0. The van der Waals surface area contributed by atoms with Crippen LogP contribution in [0.3, 0.4) is 0 Å². The van der Waals surface area contributed by atoms with E-state index in [2.05, 4.69) is 554 Å². The van der Waals surface area contributed by atoms with Gasteiger partial charge in [0.1, 0.15) is 33.5 Å². The zero-order valence-electron chi connectivity index (χ0n) is 80.0. The van der Waals surface area contributed by atoms with E-state index in [9.17, 15) is 0 Å². The van der Waals surface area contributed by atoms with Crippen LogP contribution in [-0.4, -0.2) is 0 Å². The molecule has 0 saturated heterocycles. The number of anilines is 18. The maximum Gasteiger partial charge on any atom is 0.138 e. The van der Waals surface area contributed by atoms with Gasteiger partial charge in [-0.15, -0.1) is 0 Å². The number of furan rings is 3. The maximum atomic E-state index is 7.62. The third-order valence-corrected chi connectivity index (χ3v) is 29.1. The molecule has 9 nitrogen and oxygen atoms in total. The van der Waals surface area contributed by atoms with Crippen LogP contribution in [0.5, 0.6) is 0 Å². The van der Waals surface area contributed by atoms with Crippen LogP contribution in [0.25, 0.3) is 142 Å². The minimum atomic E-state index is 0.609. The fraction of sp³-hybridized carbons (Fsp3) is 0.0294. The molecule has 0 amide bonds. The van der Waals surface area contributed by atoms with Gasteiger partial charge in [0.25, 0.3) is 0 Å². The predicted octanol–water partition coefficient (Wildman–Crippen LogP) is 39.3. The van der Waals surface area contributed by atoms with Crippen molar-refractivity contribution < 1.29 is 13.3 Å². The van der Waals surface area contributed by atoms with Crippen LogP contribution in [-0.2, 0) is 6.42 Å². The molecule has 0 aliphatic rings. The van der Waals surface area contributed by atoms with Crippen LogP contribution in [0, 0.1) is 20.8 Å². The van der Waals surface area contributed by atoms with Gasteiger partial charge < -0.3 is 42.7 Å². The fourth-order valence-corrected chi connectivity index (χ4v) is 22.8. The molecule has 0 radical (unpaired) electrons. The van der Waals surface area contributed by atoms with Crippen molar-refractivity contribution in [3.05, 3.63) is 531 Å². The number of hydrogen-bond donors (Lipinski definition) is 0. The van der Waals surface area contributed by atoms with Gasteiger partial charge in [-0.3, -0.25) is 0 Å². The monoisotopic (exact) mass is 1860 g/mol. The average Bonchev–Trinajstić information content (AvgIpc) is 1.58. The molecule has 24 aromatic carbocycles. The lowest BCUT2D eigenvalue weighted by Crippen LogP contribution is -2.12. The third-order valence-electron chi connectivity index (χ3n) is 29.1. The zero-order valence-corrected chi connectivity index (χ0v) is 80.0. The van der Waals surface area contributed by atoms with Crippen molar-refractivity contribution >= 4 is 233 Å². The highest BCUT2D eigenvalue weighted by atomic mass is 16.3. The van der Waals surface area contributed by atoms with Gasteiger partial charge in [0.2, 0.25) is 0 Å². The van der Waals surface area contributed by atoms with Crippen molar-refractivity contribution in [1.29, 1.82) is 0 Å². The van der Waals surface area contributed by atoms with Gasteiger partial charge in [0.05, 0.1) is 34.1 Å². The predicted molar refractivity (Wildman–Crippen MR) is 610 cm³/mol. The molecule has 145 heavy (non-hydrogen) atoms. The van der Waals surface area contributed by atoms with E-state index in [-0.39, 0.29) is 0 Å². The van der Waals surface area contributed by atoms with E-state index in [4.69, 9.17) is 13.3 Å². The molecule has 3 heterocycles. The Kier molecular flexibility index (Phi) is 20.8. The Hall–Kier alpha value is -19.0. The third kappa shape index (κ3) is 14.7. The standard InChI is InChI=1S/C136H94N6O3/c1-88-40-36-58-101(76-88)138(97-50-14-6-15-51-97)120-83-126-131(111-68-30-25-63-106(111)120)132-112-69-31-26-64-107(112)121(84-127(132)143-126)139(98-52-16-7-17-53-98)102-59-37-43-91(78-102)77-92-74-75-115-116(79-92)124(87-130-136(115)135-110-67-29-24-62-105(110)119(82-125(135)144-130)137(95-46-10-4-11-47-95)96-48-12-5-13-49-96)140(99-54-18-8-19-55-99)103-60-38-44-93(80-103)94-45-39-61-104(81-94)142(118-73-35-23-42-90(118)3)123-86-129-134(114-71-33-28-66-109(114)123)133-113-70-32-27-65-108(113)122(85-128(133)145-129)141(100-56-20-9-21-57-100)117-72-34-22-41-89(117)2/h4-76,78-87H,77H2,1-3H3. The average molecular weight is 1860 g/mol. The molecule has 0 spiro atoms. The lowest BCUT2D eigenvalue weighted by Gasteiger charge is -2.29. The summed E-state index contributed by atoms with van der Waals surface area (Å²) in [5.74, 6) is 0. The number of fused-ring (bicyclic) bond motifs is 21. The molecule has 0 aliphatic heterocycles. The van der Waals surface area contributed by atoms with E-state index in [1.54, 1.807) is 0 Å². The summed E-state index contributed by atoms with van der Waals surface area (Å²) in [5, 5.41) is 19.6. The SMILES string of the molecule is Cc1cccc(N(c2ccccc2)c2cc3oc4cc(N(c5ccccc5)c5cccc(Cc6ccc7c(c6)c(N(c6ccccc6)c6cccc(-c8cccc(N(c9ccccc9C)c9cc%10oc%11cc(N(c%12ccccc%12)c%12ccccc%12C)c%12ccccc%12c%11c%10c%10ccccc9%10)c8)c6)cc6oc8cc(N(c9ccccc9)c9ccccc9)c9ccccc9c8c67)c5)c5ccccc5c4c3c3ccccc23)c1. The quantitative estimate of drug-likeness (QED) is 0.0700. The minimum absolute atomic E-state index is 0.609. The minimum Gasteiger partial charge on any atom is -0.456 e. The molecule has 0 atom stereocenters. The van der Waals surface area contributed by atoms with Crippen LogP contribution in [0.2, 0.25) is 0 Å². The molecule has 0 bridgehead atoms. The number of aryl methyl sites for hydroxylation is 3. The molecule has 3 aromatic heterocycles. The van der Waals surface area contributed by atoms with Crippen LogP contribution in [0.1, 0.15) is 27.8 Å². The van der Waals surface area contributed by atoms with Crippen LogP contribution >= 0.6 is 0 Å². The molecule has 0 unspecified atom stereocenters. The number of rotatable bonds is 21. The first-order valence-corrected chi connectivity index (χ1v) is 49.7. The smallest absolute Gasteiger partial charge is 0.138 e. The van der Waals surface area contributed by atoms with E-state index >= 15 is 0 Å². The lowest BCUT2D eigenvalue weighted by atomic mass is 9.94. The second-order valence-corrected chi connectivity index (χ2v) is 37.9. The Morgan fingerprint density at radius 1 is 0.152 bits per heavy atom. The number of para-hydroxylation sites is 8. The Balaban J connectivity index is 0.616. The van der Waals surface area contributed by atoms with Gasteiger partial charge in [0.15, 0.2) is 0 Å². The molecule has 27 rings (SSSR count). The second-order valence-electron chi connectivity index (χ2n) is 37.9. The van der Waals surface area contributed by atoms with E-state index in [0.29, 0.717) is 6.42 Å². The van der Waals surface area contributed by atoms with E-state index in [1.165, 1.54) is 11.1 Å². The van der Waals surface area contributed by atoms with Crippen molar-refractivity contribution in [1.82, 2.24) is 0 Å². The molecule has 686 valence electrons. The fourth-order valence-electron chi connectivity index (χ4n) is 22.8. The molecule has 0 fully saturated rings. The summed E-state index contributed by atoms with van der Waals surface area (Å²) >= 11 is 0. The van der Waals surface area contributed by atoms with Crippen molar-refractivity contribution in [2.24, 2.45) is 0 Å². The zero-order chi connectivity index (χ0) is 96.3. The van der Waals surface area contributed by atoms with Crippen LogP contribution in [0.4, 0.5) is 102 Å². The van der Waals surface area contributed by atoms with Gasteiger partial charge in [0, 0.05) is 169 Å². The summed E-state index contributed by atoms with van der Waals surface area (Å²) in [6.45, 7) is 6.56. The molecule has 27 aromatic rings. The molecule has 9 heteroatoms. The van der Waals surface area contributed by atoms with Gasteiger partial charge >= 0.3 is 0 Å².